The van der Waals surface area contributed by atoms with Crippen LogP contribution in [0.1, 0.15) is 23.7 Å². The van der Waals surface area contributed by atoms with Crippen molar-refractivity contribution < 1.29 is 18.7 Å². The third-order valence-electron chi connectivity index (χ3n) is 4.12. The first-order valence-corrected chi connectivity index (χ1v) is 7.82. The minimum Gasteiger partial charge on any atom is -0.462 e. The first-order valence-electron chi connectivity index (χ1n) is 7.82. The maximum absolute atomic E-state index is 13.0. The normalized spacial score (nSPS) is 17.3. The molecule has 2 aromatic rings. The van der Waals surface area contributed by atoms with Crippen molar-refractivity contribution in [2.24, 2.45) is 5.92 Å². The second-order valence-corrected chi connectivity index (χ2v) is 5.77. The van der Waals surface area contributed by atoms with Crippen LogP contribution in [0.15, 0.2) is 30.5 Å². The van der Waals surface area contributed by atoms with Gasteiger partial charge in [0.1, 0.15) is 11.4 Å². The van der Waals surface area contributed by atoms with Gasteiger partial charge in [-0.15, -0.1) is 0 Å². The van der Waals surface area contributed by atoms with E-state index >= 15 is 0 Å². The Morgan fingerprint density at radius 1 is 1.42 bits per heavy atom. The number of halogens is 1. The lowest BCUT2D eigenvalue weighted by molar-refractivity contribution is -0.127. The van der Waals surface area contributed by atoms with Gasteiger partial charge in [-0.05, 0) is 31.2 Å². The smallest absolute Gasteiger partial charge is 0.341 e. The number of benzene rings is 1. The molecule has 0 bridgehead atoms. The number of hydrogen-bond acceptors (Lipinski definition) is 4. The van der Waals surface area contributed by atoms with Crippen LogP contribution in [0.3, 0.4) is 0 Å². The van der Waals surface area contributed by atoms with Crippen molar-refractivity contribution in [3.05, 3.63) is 41.8 Å². The van der Waals surface area contributed by atoms with Crippen LogP contribution >= 0.6 is 0 Å². The van der Waals surface area contributed by atoms with Gasteiger partial charge in [-0.3, -0.25) is 9.89 Å². The molecule has 3 rings (SSSR count). The van der Waals surface area contributed by atoms with Gasteiger partial charge in [-0.2, -0.15) is 5.10 Å². The van der Waals surface area contributed by atoms with Crippen LogP contribution in [0.2, 0.25) is 0 Å². The van der Waals surface area contributed by atoms with Crippen molar-refractivity contribution in [1.82, 2.24) is 15.1 Å². The Labute approximate surface area is 138 Å². The lowest BCUT2D eigenvalue weighted by Gasteiger charge is -2.13. The van der Waals surface area contributed by atoms with Gasteiger partial charge in [0.05, 0.1) is 18.5 Å². The number of esters is 1. The molecule has 0 saturated carbocycles. The van der Waals surface area contributed by atoms with E-state index in [1.807, 2.05) is 6.92 Å². The number of ether oxygens (including phenoxy) is 1. The van der Waals surface area contributed by atoms with Crippen molar-refractivity contribution >= 4 is 11.9 Å². The predicted molar refractivity (Wildman–Crippen MR) is 84.6 cm³/mol. The molecule has 6 nitrogen and oxygen atoms in total. The molecular weight excluding hydrogens is 313 g/mol. The number of nitrogens with zero attached hydrogens (tertiary/aromatic N) is 2. The fourth-order valence-corrected chi connectivity index (χ4v) is 2.82. The molecule has 1 aromatic heterocycles. The second kappa shape index (κ2) is 6.82. The fraction of sp³-hybridized carbons (Fsp3) is 0.353. The Morgan fingerprint density at radius 2 is 2.17 bits per heavy atom. The number of likely N-dealkylation sites (tertiary alicyclic amines) is 1. The summed E-state index contributed by atoms with van der Waals surface area (Å²) in [4.78, 5) is 25.7. The van der Waals surface area contributed by atoms with Crippen molar-refractivity contribution in [3.63, 3.8) is 0 Å². The zero-order chi connectivity index (χ0) is 17.1. The van der Waals surface area contributed by atoms with E-state index in [2.05, 4.69) is 10.2 Å². The number of hydrogen-bond donors (Lipinski definition) is 1. The summed E-state index contributed by atoms with van der Waals surface area (Å²) in [7, 11) is 0. The average molecular weight is 331 g/mol. The first-order chi connectivity index (χ1) is 11.6. The van der Waals surface area contributed by atoms with E-state index in [1.165, 1.54) is 18.3 Å². The van der Waals surface area contributed by atoms with Crippen LogP contribution in [0.25, 0.3) is 11.3 Å². The summed E-state index contributed by atoms with van der Waals surface area (Å²) in [6, 6.07) is 5.76. The molecule has 0 radical (unpaired) electrons. The van der Waals surface area contributed by atoms with E-state index in [4.69, 9.17) is 4.74 Å². The molecule has 0 aliphatic carbocycles. The number of H-pyrrole nitrogens is 1. The van der Waals surface area contributed by atoms with Gasteiger partial charge in [-0.25, -0.2) is 9.18 Å². The van der Waals surface area contributed by atoms with Crippen LogP contribution in [0.5, 0.6) is 0 Å². The summed E-state index contributed by atoms with van der Waals surface area (Å²) in [5.41, 5.74) is 1.42. The molecule has 1 atom stereocenters. The molecule has 1 aliphatic rings. The molecule has 7 heteroatoms. The summed E-state index contributed by atoms with van der Waals surface area (Å²) >= 11 is 0. The van der Waals surface area contributed by atoms with Crippen molar-refractivity contribution in [3.8, 4) is 11.3 Å². The lowest BCUT2D eigenvalue weighted by Crippen LogP contribution is -2.25. The number of nitrogens with one attached hydrogen (secondary N) is 1. The highest BCUT2D eigenvalue weighted by atomic mass is 19.1. The zero-order valence-electron chi connectivity index (χ0n) is 13.3. The molecule has 1 N–H and O–H groups in total. The minimum absolute atomic E-state index is 0.0163. The summed E-state index contributed by atoms with van der Waals surface area (Å²) < 4.78 is 18.4. The maximum atomic E-state index is 13.0. The van der Waals surface area contributed by atoms with Crippen LogP contribution in [-0.2, 0) is 9.53 Å². The third-order valence-corrected chi connectivity index (χ3v) is 4.12. The molecule has 126 valence electrons. The SMILES string of the molecule is CCN1C[C@H](COC(=O)c2cn[nH]c2-c2ccc(F)cc2)CC1=O. The Kier molecular flexibility index (Phi) is 4.59. The molecule has 2 heterocycles. The van der Waals surface area contributed by atoms with E-state index in [1.54, 1.807) is 17.0 Å². The Balaban J connectivity index is 1.65. The van der Waals surface area contributed by atoms with Crippen molar-refractivity contribution in [2.75, 3.05) is 19.7 Å². The standard InChI is InChI=1S/C17H18FN3O3/c1-2-21-9-11(7-15(21)22)10-24-17(23)14-8-19-20-16(14)12-3-5-13(18)6-4-12/h3-6,8,11H,2,7,9-10H2,1H3,(H,19,20)/t11-/m1/s1. The minimum atomic E-state index is -0.509. The van der Waals surface area contributed by atoms with Crippen LogP contribution in [0, 0.1) is 11.7 Å². The zero-order valence-corrected chi connectivity index (χ0v) is 13.3. The molecule has 0 unspecified atom stereocenters. The van der Waals surface area contributed by atoms with Crippen molar-refractivity contribution in [2.45, 2.75) is 13.3 Å². The molecule has 1 amide bonds. The molecule has 0 spiro atoms. The Morgan fingerprint density at radius 3 is 2.83 bits per heavy atom. The largest absolute Gasteiger partial charge is 0.462 e. The van der Waals surface area contributed by atoms with Crippen molar-refractivity contribution in [1.29, 1.82) is 0 Å². The van der Waals surface area contributed by atoms with Gasteiger partial charge in [-0.1, -0.05) is 0 Å². The lowest BCUT2D eigenvalue weighted by atomic mass is 10.1. The highest BCUT2D eigenvalue weighted by Crippen LogP contribution is 2.23. The van der Waals surface area contributed by atoms with Gasteiger partial charge in [0, 0.05) is 31.0 Å². The van der Waals surface area contributed by atoms with Gasteiger partial charge >= 0.3 is 5.97 Å². The number of aromatic amines is 1. The highest BCUT2D eigenvalue weighted by molar-refractivity contribution is 5.95. The second-order valence-electron chi connectivity index (χ2n) is 5.77. The van der Waals surface area contributed by atoms with Crippen LogP contribution in [0.4, 0.5) is 4.39 Å². The van der Waals surface area contributed by atoms with E-state index < -0.39 is 5.97 Å². The number of amides is 1. The van der Waals surface area contributed by atoms with Gasteiger partial charge < -0.3 is 9.64 Å². The summed E-state index contributed by atoms with van der Waals surface area (Å²) in [5, 5.41) is 6.62. The van der Waals surface area contributed by atoms with E-state index in [0.717, 1.165) is 0 Å². The van der Waals surface area contributed by atoms with Gasteiger partial charge in [0.2, 0.25) is 5.91 Å². The topological polar surface area (TPSA) is 75.3 Å². The first kappa shape index (κ1) is 16.2. The quantitative estimate of drug-likeness (QED) is 0.853. The summed E-state index contributed by atoms with van der Waals surface area (Å²) in [5.74, 6) is -0.754. The summed E-state index contributed by atoms with van der Waals surface area (Å²) in [6.07, 6.45) is 1.79. The molecule has 1 aromatic carbocycles. The Bertz CT molecular complexity index is 742. The van der Waals surface area contributed by atoms with E-state index in [9.17, 15) is 14.0 Å². The Hall–Kier alpha value is -2.70. The monoisotopic (exact) mass is 331 g/mol. The summed E-state index contributed by atoms with van der Waals surface area (Å²) in [6.45, 7) is 3.39. The van der Waals surface area contributed by atoms with Crippen LogP contribution < -0.4 is 0 Å². The van der Waals surface area contributed by atoms with E-state index in [-0.39, 0.29) is 24.2 Å². The number of carbonyl (C=O) groups excluding carboxylic acids is 2. The predicted octanol–water partition coefficient (Wildman–Crippen LogP) is 2.24. The fourth-order valence-electron chi connectivity index (χ4n) is 2.82. The van der Waals surface area contributed by atoms with Gasteiger partial charge in [0.15, 0.2) is 0 Å². The molecule has 1 saturated heterocycles. The van der Waals surface area contributed by atoms with E-state index in [0.29, 0.717) is 36.3 Å². The highest BCUT2D eigenvalue weighted by Gasteiger charge is 2.29. The molecule has 1 aliphatic heterocycles. The average Bonchev–Trinajstić information content (AvgIpc) is 3.20. The molecule has 1 fully saturated rings. The van der Waals surface area contributed by atoms with Gasteiger partial charge in [0.25, 0.3) is 0 Å². The maximum Gasteiger partial charge on any atom is 0.341 e. The number of aromatic nitrogens is 2. The molecule has 24 heavy (non-hydrogen) atoms. The number of rotatable bonds is 5. The van der Waals surface area contributed by atoms with Crippen LogP contribution in [-0.4, -0.2) is 46.7 Å². The third kappa shape index (κ3) is 3.29. The molecular formula is C17H18FN3O3. The number of carbonyl (C=O) groups is 2.